The van der Waals surface area contributed by atoms with Crippen molar-refractivity contribution in [1.82, 2.24) is 10.3 Å². The first-order valence-corrected chi connectivity index (χ1v) is 17.4. The number of hydrogen-bond acceptors (Lipinski definition) is 9. The minimum Gasteiger partial charge on any atom is -0.494 e. The van der Waals surface area contributed by atoms with Gasteiger partial charge < -0.3 is 20.7 Å². The first kappa shape index (κ1) is 35.5. The van der Waals surface area contributed by atoms with E-state index in [9.17, 15) is 24.5 Å². The molecule has 254 valence electrons. The van der Waals surface area contributed by atoms with Crippen molar-refractivity contribution < 1.29 is 24.0 Å². The third kappa shape index (κ3) is 9.43. The van der Waals surface area contributed by atoms with Gasteiger partial charge in [-0.15, -0.1) is 23.1 Å². The smallest absolute Gasteiger partial charge is 0.276 e. The second-order valence-electron chi connectivity index (χ2n) is 10.7. The molecule has 4 aromatic carbocycles. The van der Waals surface area contributed by atoms with Crippen molar-refractivity contribution in [2.75, 3.05) is 17.2 Å². The lowest BCUT2D eigenvalue weighted by Gasteiger charge is -2.15. The molecule has 0 radical (unpaired) electrons. The topological polar surface area (TPSA) is 153 Å². The highest BCUT2D eigenvalue weighted by atomic mass is 32.2. The minimum atomic E-state index is -0.688. The number of nitrogens with zero attached hydrogens (tertiary/aromatic N) is 2. The monoisotopic (exact) mass is 707 g/mol. The zero-order valence-corrected chi connectivity index (χ0v) is 28.8. The van der Waals surface area contributed by atoms with Gasteiger partial charge in [-0.2, -0.15) is 0 Å². The van der Waals surface area contributed by atoms with Crippen LogP contribution >= 0.6 is 23.1 Å². The van der Waals surface area contributed by atoms with Crippen LogP contribution in [0.5, 0.6) is 5.75 Å². The number of hydrogen-bond donors (Lipinski definition) is 3. The third-order valence-corrected chi connectivity index (χ3v) is 9.31. The van der Waals surface area contributed by atoms with Crippen molar-refractivity contribution in [3.05, 3.63) is 135 Å². The fourth-order valence-electron chi connectivity index (χ4n) is 4.74. The maximum Gasteiger partial charge on any atom is 0.276 e. The average Bonchev–Trinajstić information content (AvgIpc) is 3.59. The summed E-state index contributed by atoms with van der Waals surface area (Å²) in [6.07, 6.45) is 1.79. The Morgan fingerprint density at radius 2 is 1.68 bits per heavy atom. The van der Waals surface area contributed by atoms with Gasteiger partial charge in [-0.05, 0) is 80.1 Å². The molecule has 50 heavy (non-hydrogen) atoms. The molecule has 3 N–H and O–H groups in total. The number of aromatic nitrogens is 1. The van der Waals surface area contributed by atoms with E-state index < -0.39 is 22.0 Å². The summed E-state index contributed by atoms with van der Waals surface area (Å²) in [7, 11) is 0. The van der Waals surface area contributed by atoms with Crippen molar-refractivity contribution in [2.45, 2.75) is 30.4 Å². The number of thioether (sulfide) groups is 1. The number of carbonyl (C=O) groups is 3. The van der Waals surface area contributed by atoms with E-state index in [1.165, 1.54) is 47.4 Å². The van der Waals surface area contributed by atoms with Gasteiger partial charge in [0.15, 0.2) is 5.13 Å². The summed E-state index contributed by atoms with van der Waals surface area (Å²) in [5.41, 5.74) is 2.09. The Bertz CT molecular complexity index is 2010. The molecule has 1 heterocycles. The van der Waals surface area contributed by atoms with Crippen LogP contribution in [0.4, 0.5) is 16.5 Å². The Kier molecular flexibility index (Phi) is 12.1. The van der Waals surface area contributed by atoms with Gasteiger partial charge in [0.05, 0.1) is 28.0 Å². The summed E-state index contributed by atoms with van der Waals surface area (Å²) >= 11 is 2.67. The molecule has 11 nitrogen and oxygen atoms in total. The van der Waals surface area contributed by atoms with Crippen LogP contribution in [0.25, 0.3) is 17.3 Å². The average molecular weight is 708 g/mol. The number of benzene rings is 4. The predicted molar refractivity (Wildman–Crippen MR) is 197 cm³/mol. The highest BCUT2D eigenvalue weighted by Gasteiger charge is 2.21. The second kappa shape index (κ2) is 17.0. The van der Waals surface area contributed by atoms with Crippen LogP contribution < -0.4 is 20.7 Å². The van der Waals surface area contributed by atoms with Crippen molar-refractivity contribution in [3.63, 3.8) is 0 Å². The number of nitro benzene ring substituents is 1. The number of nitrogens with one attached hydrogen (secondary N) is 3. The summed E-state index contributed by atoms with van der Waals surface area (Å²) in [5, 5.41) is 21.8. The highest BCUT2D eigenvalue weighted by Crippen LogP contribution is 2.31. The summed E-state index contributed by atoms with van der Waals surface area (Å²) in [6, 6.07) is 28.8. The Labute approximate surface area is 297 Å². The molecule has 5 rings (SSSR count). The van der Waals surface area contributed by atoms with Gasteiger partial charge >= 0.3 is 0 Å². The van der Waals surface area contributed by atoms with E-state index in [0.29, 0.717) is 29.4 Å². The number of anilines is 2. The van der Waals surface area contributed by atoms with E-state index >= 15 is 0 Å². The van der Waals surface area contributed by atoms with E-state index in [4.69, 9.17) is 4.74 Å². The van der Waals surface area contributed by atoms with Crippen LogP contribution in [0.1, 0.15) is 36.2 Å². The molecule has 0 aliphatic carbocycles. The fraction of sp³-hybridized carbons (Fsp3) is 0.135. The minimum absolute atomic E-state index is 0.143. The first-order chi connectivity index (χ1) is 24.2. The number of nitro groups is 1. The van der Waals surface area contributed by atoms with E-state index in [1.54, 1.807) is 54.6 Å². The number of amides is 3. The van der Waals surface area contributed by atoms with Gasteiger partial charge in [0.1, 0.15) is 11.4 Å². The molecule has 0 spiro atoms. The number of carbonyl (C=O) groups excluding carboxylic acids is 3. The highest BCUT2D eigenvalue weighted by molar-refractivity contribution is 8.00. The lowest BCUT2D eigenvalue weighted by molar-refractivity contribution is -0.385. The van der Waals surface area contributed by atoms with E-state index in [-0.39, 0.29) is 22.9 Å². The Morgan fingerprint density at radius 1 is 0.940 bits per heavy atom. The molecule has 0 aliphatic heterocycles. The standard InChI is InChI=1S/C37H33N5O6S2/c1-3-33(36(45)41-37-40-31(23-49-37)24-17-19-28(20-18-24)48-4-2)50-29-15-10-14-27(22-29)38-35(44)30(39-34(43)25-11-6-5-7-12-25)21-26-13-8-9-16-32(26)42(46)47/h5-23,33H,3-4H2,1-2H3,(H,38,44)(H,39,43)(H,40,41,45)/b30-21+. The Balaban J connectivity index is 1.28. The Morgan fingerprint density at radius 3 is 2.40 bits per heavy atom. The Hall–Kier alpha value is -5.79. The molecule has 0 fully saturated rings. The van der Waals surface area contributed by atoms with Gasteiger partial charge in [-0.25, -0.2) is 4.98 Å². The van der Waals surface area contributed by atoms with Crippen LogP contribution in [-0.4, -0.2) is 39.5 Å². The number of thiazole rings is 1. The van der Waals surface area contributed by atoms with Crippen LogP contribution in [0, 0.1) is 10.1 Å². The molecule has 0 bridgehead atoms. The summed E-state index contributed by atoms with van der Waals surface area (Å²) in [6.45, 7) is 4.42. The van der Waals surface area contributed by atoms with E-state index in [0.717, 1.165) is 21.9 Å². The zero-order chi connectivity index (χ0) is 35.5. The first-order valence-electron chi connectivity index (χ1n) is 15.6. The third-order valence-electron chi connectivity index (χ3n) is 7.19. The molecule has 0 aliphatic rings. The van der Waals surface area contributed by atoms with Crippen LogP contribution in [0.2, 0.25) is 0 Å². The van der Waals surface area contributed by atoms with E-state index in [2.05, 4.69) is 20.9 Å². The molecular weight excluding hydrogens is 675 g/mol. The SMILES string of the molecule is CCOc1ccc(-c2csc(NC(=O)C(CC)Sc3cccc(NC(=O)/C(=C\c4ccccc4[N+](=O)[O-])NC(=O)c4ccccc4)c3)n2)cc1. The molecule has 1 atom stereocenters. The maximum atomic E-state index is 13.6. The molecule has 5 aromatic rings. The largest absolute Gasteiger partial charge is 0.494 e. The van der Waals surface area contributed by atoms with Crippen molar-refractivity contribution in [1.29, 1.82) is 0 Å². The lowest BCUT2D eigenvalue weighted by atomic mass is 10.1. The van der Waals surface area contributed by atoms with Gasteiger partial charge in [0.25, 0.3) is 17.5 Å². The molecular formula is C37H33N5O6S2. The van der Waals surface area contributed by atoms with Gasteiger partial charge in [0.2, 0.25) is 5.91 Å². The summed E-state index contributed by atoms with van der Waals surface area (Å²) in [4.78, 5) is 56.3. The summed E-state index contributed by atoms with van der Waals surface area (Å²) < 4.78 is 5.50. The second-order valence-corrected chi connectivity index (χ2v) is 12.8. The number of para-hydroxylation sites is 1. The normalized spacial score (nSPS) is 11.7. The fourth-order valence-corrected chi connectivity index (χ4v) is 6.48. The predicted octanol–water partition coefficient (Wildman–Crippen LogP) is 8.04. The molecule has 3 amide bonds. The zero-order valence-electron chi connectivity index (χ0n) is 27.1. The summed E-state index contributed by atoms with van der Waals surface area (Å²) in [5.74, 6) is -0.681. The van der Waals surface area contributed by atoms with Crippen molar-refractivity contribution in [3.8, 4) is 17.0 Å². The van der Waals surface area contributed by atoms with Crippen LogP contribution in [0.3, 0.4) is 0 Å². The van der Waals surface area contributed by atoms with Crippen LogP contribution in [0.15, 0.2) is 119 Å². The van der Waals surface area contributed by atoms with Crippen molar-refractivity contribution in [2.24, 2.45) is 0 Å². The number of rotatable bonds is 14. The molecule has 1 aromatic heterocycles. The van der Waals surface area contributed by atoms with Gasteiger partial charge in [0, 0.05) is 33.2 Å². The molecule has 0 saturated heterocycles. The van der Waals surface area contributed by atoms with Crippen molar-refractivity contribution >= 4 is 63.4 Å². The van der Waals surface area contributed by atoms with Gasteiger partial charge in [-0.3, -0.25) is 24.5 Å². The van der Waals surface area contributed by atoms with E-state index in [1.807, 2.05) is 49.6 Å². The lowest BCUT2D eigenvalue weighted by Crippen LogP contribution is -2.30. The quantitative estimate of drug-likeness (QED) is 0.0454. The number of ether oxygens (including phenoxy) is 1. The molecule has 1 unspecified atom stereocenters. The van der Waals surface area contributed by atoms with Gasteiger partial charge in [-0.1, -0.05) is 43.3 Å². The maximum absolute atomic E-state index is 13.6. The molecule has 13 heteroatoms. The molecule has 0 saturated carbocycles. The van der Waals surface area contributed by atoms with Crippen LogP contribution in [-0.2, 0) is 9.59 Å².